The smallest absolute Gasteiger partial charge is 0.234 e. The van der Waals surface area contributed by atoms with E-state index in [1.807, 2.05) is 0 Å². The molecule has 0 bridgehead atoms. The van der Waals surface area contributed by atoms with Gasteiger partial charge in [0.05, 0.1) is 13.1 Å². The van der Waals surface area contributed by atoms with Gasteiger partial charge in [0.25, 0.3) is 5.82 Å². The quantitative estimate of drug-likeness (QED) is 0.0501. The lowest BCUT2D eigenvalue weighted by molar-refractivity contribution is -0.704. The molecule has 0 radical (unpaired) electrons. The van der Waals surface area contributed by atoms with E-state index in [4.69, 9.17) is 0 Å². The summed E-state index contributed by atoms with van der Waals surface area (Å²) < 4.78 is 5.29. The number of hydrogen-bond donors (Lipinski definition) is 0. The Kier molecular flexibility index (Phi) is 33.4. The highest BCUT2D eigenvalue weighted by Crippen LogP contribution is 2.16. The molecule has 1 aromatic heterocycles. The van der Waals surface area contributed by atoms with Crippen molar-refractivity contribution in [3.05, 3.63) is 18.2 Å². The number of rotatable bonds is 38. The van der Waals surface area contributed by atoms with Gasteiger partial charge >= 0.3 is 0 Å². The van der Waals surface area contributed by atoms with Crippen LogP contribution in [0.2, 0.25) is 0 Å². The summed E-state index contributed by atoms with van der Waals surface area (Å²) in [5.74, 6) is 1.63. The highest BCUT2D eigenvalue weighted by atomic mass is 15.1. The number of unbranched alkanes of at least 4 members (excludes halogenated alkanes) is 32. The third-order valence-corrected chi connectivity index (χ3v) is 10.6. The molecule has 2 nitrogen and oxygen atoms in total. The van der Waals surface area contributed by atoms with E-state index in [1.54, 1.807) is 5.82 Å². The maximum atomic E-state index is 2.65. The maximum absolute atomic E-state index is 2.65. The first-order valence-electron chi connectivity index (χ1n) is 21.9. The number of aryl methyl sites for hydroxylation is 2. The van der Waals surface area contributed by atoms with Crippen LogP contribution in [0.1, 0.15) is 251 Å². The lowest BCUT2D eigenvalue weighted by Gasteiger charge is -2.07. The second-order valence-electron chi connectivity index (χ2n) is 15.2. The maximum Gasteiger partial charge on any atom is 0.256 e. The molecule has 46 heavy (non-hydrogen) atoms. The Morgan fingerprint density at radius 1 is 0.370 bits per heavy atom. The molecule has 1 rings (SSSR count). The van der Waals surface area contributed by atoms with Crippen LogP contribution in [0, 0.1) is 0 Å². The zero-order valence-corrected chi connectivity index (χ0v) is 32.4. The van der Waals surface area contributed by atoms with Crippen molar-refractivity contribution in [1.82, 2.24) is 4.57 Å². The van der Waals surface area contributed by atoms with Crippen molar-refractivity contribution in [2.24, 2.45) is 0 Å². The van der Waals surface area contributed by atoms with E-state index in [9.17, 15) is 0 Å². The summed E-state index contributed by atoms with van der Waals surface area (Å²) in [5, 5.41) is 0. The van der Waals surface area contributed by atoms with Crippen LogP contribution in [0.15, 0.2) is 12.4 Å². The van der Waals surface area contributed by atoms with Crippen LogP contribution in [0.3, 0.4) is 0 Å². The number of hydrogen-bond acceptors (Lipinski definition) is 0. The number of nitrogens with zero attached hydrogens (tertiary/aromatic N) is 2. The molecule has 2 heteroatoms. The van der Waals surface area contributed by atoms with Crippen molar-refractivity contribution >= 4 is 0 Å². The Bertz CT molecular complexity index is 707. The number of aromatic nitrogens is 2. The van der Waals surface area contributed by atoms with Gasteiger partial charge in [-0.3, -0.25) is 0 Å². The van der Waals surface area contributed by atoms with Crippen LogP contribution in [0.25, 0.3) is 0 Å². The molecule has 1 aromatic rings. The molecule has 0 unspecified atom stereocenters. The molecule has 0 aliphatic heterocycles. The molecule has 0 aliphatic carbocycles. The molecule has 1 heterocycles. The van der Waals surface area contributed by atoms with Crippen LogP contribution >= 0.6 is 0 Å². The monoisotopic (exact) mass is 644 g/mol. The van der Waals surface area contributed by atoms with Crippen LogP contribution in [-0.2, 0) is 19.5 Å². The molecule has 0 aliphatic rings. The third-order valence-electron chi connectivity index (χ3n) is 10.6. The summed E-state index contributed by atoms with van der Waals surface area (Å²) in [7, 11) is 0. The van der Waals surface area contributed by atoms with Crippen LogP contribution in [0.4, 0.5) is 0 Å². The third kappa shape index (κ3) is 27.2. The molecular formula is C44H87N2+. The lowest BCUT2D eigenvalue weighted by atomic mass is 10.0. The average molecular weight is 644 g/mol. The second-order valence-corrected chi connectivity index (χ2v) is 15.2. The van der Waals surface area contributed by atoms with Gasteiger partial charge in [0.15, 0.2) is 0 Å². The van der Waals surface area contributed by atoms with Crippen LogP contribution in [-0.4, -0.2) is 4.57 Å². The van der Waals surface area contributed by atoms with Crippen LogP contribution in [0.5, 0.6) is 0 Å². The molecule has 0 N–H and O–H groups in total. The summed E-state index contributed by atoms with van der Waals surface area (Å²) in [5.41, 5.74) is 0. The molecule has 0 saturated carbocycles. The van der Waals surface area contributed by atoms with Crippen LogP contribution < -0.4 is 4.57 Å². The summed E-state index contributed by atoms with van der Waals surface area (Å²) >= 11 is 0. The molecule has 0 amide bonds. The fraction of sp³-hybridized carbons (Fsp3) is 0.932. The molecule has 0 saturated heterocycles. The van der Waals surface area contributed by atoms with Gasteiger partial charge in [-0.2, -0.15) is 0 Å². The summed E-state index contributed by atoms with van der Waals surface area (Å²) in [6.45, 7) is 9.41. The van der Waals surface area contributed by atoms with Crippen molar-refractivity contribution in [3.8, 4) is 0 Å². The van der Waals surface area contributed by atoms with Gasteiger partial charge in [-0.1, -0.05) is 213 Å². The van der Waals surface area contributed by atoms with E-state index in [2.05, 4.69) is 42.3 Å². The normalized spacial score (nSPS) is 11.6. The second kappa shape index (κ2) is 35.5. The molecule has 0 fully saturated rings. The van der Waals surface area contributed by atoms with Gasteiger partial charge in [-0.05, 0) is 32.1 Å². The van der Waals surface area contributed by atoms with Gasteiger partial charge < -0.3 is 0 Å². The molecular weight excluding hydrogens is 556 g/mol. The minimum atomic E-state index is 1.23. The molecule has 272 valence electrons. The highest BCUT2D eigenvalue weighted by Gasteiger charge is 2.16. The van der Waals surface area contributed by atoms with Crippen molar-refractivity contribution in [2.45, 2.75) is 265 Å². The van der Waals surface area contributed by atoms with E-state index >= 15 is 0 Å². The van der Waals surface area contributed by atoms with Gasteiger partial charge in [-0.25, -0.2) is 9.13 Å². The molecule has 0 atom stereocenters. The Morgan fingerprint density at radius 2 is 0.674 bits per heavy atom. The fourth-order valence-corrected chi connectivity index (χ4v) is 7.39. The first-order valence-corrected chi connectivity index (χ1v) is 21.9. The average Bonchev–Trinajstić information content (AvgIpc) is 3.45. The van der Waals surface area contributed by atoms with Gasteiger partial charge in [0.2, 0.25) is 0 Å². The van der Waals surface area contributed by atoms with Crippen molar-refractivity contribution in [2.75, 3.05) is 0 Å². The fourth-order valence-electron chi connectivity index (χ4n) is 7.39. The Labute approximate surface area is 291 Å². The largest absolute Gasteiger partial charge is 0.256 e. The van der Waals surface area contributed by atoms with Gasteiger partial charge in [-0.15, -0.1) is 0 Å². The summed E-state index contributed by atoms with van der Waals surface area (Å²) in [6, 6.07) is 0. The minimum Gasteiger partial charge on any atom is -0.234 e. The zero-order valence-electron chi connectivity index (χ0n) is 32.4. The first kappa shape index (κ1) is 43.2. The topological polar surface area (TPSA) is 8.81 Å². The lowest BCUT2D eigenvalue weighted by Crippen LogP contribution is -2.37. The predicted molar refractivity (Wildman–Crippen MR) is 207 cm³/mol. The van der Waals surface area contributed by atoms with E-state index in [-0.39, 0.29) is 0 Å². The Balaban J connectivity index is 2.29. The van der Waals surface area contributed by atoms with E-state index in [0.717, 1.165) is 0 Å². The highest BCUT2D eigenvalue weighted by molar-refractivity contribution is 4.84. The summed E-state index contributed by atoms with van der Waals surface area (Å²) in [4.78, 5) is 0. The van der Waals surface area contributed by atoms with Gasteiger partial charge in [0.1, 0.15) is 12.4 Å². The van der Waals surface area contributed by atoms with Gasteiger partial charge in [0, 0.05) is 6.42 Å². The Hall–Kier alpha value is -0.790. The molecule has 0 aromatic carbocycles. The van der Waals surface area contributed by atoms with Crippen molar-refractivity contribution < 1.29 is 4.57 Å². The zero-order chi connectivity index (χ0) is 33.0. The van der Waals surface area contributed by atoms with E-state index in [0.29, 0.717) is 0 Å². The standard InChI is InChI=1S/C44H87N2/c1-4-7-10-13-16-19-22-24-26-29-32-35-38-41-46-43-42-45(40-37-34-31-28-21-18-15-12-9-6-3)44(46)39-36-33-30-27-25-23-20-17-14-11-8-5-2/h42-43H,4-41H2,1-3H3/q+1. The summed E-state index contributed by atoms with van der Waals surface area (Å²) in [6.07, 6.45) is 56.3. The minimum absolute atomic E-state index is 1.23. The Morgan fingerprint density at radius 3 is 1.04 bits per heavy atom. The predicted octanol–water partition coefficient (Wildman–Crippen LogP) is 15.0. The van der Waals surface area contributed by atoms with E-state index < -0.39 is 0 Å². The molecule has 0 spiro atoms. The first-order chi connectivity index (χ1) is 22.8. The SMILES string of the molecule is CCCCCCCCCCCCCCCn1cc[n+](CCCCCCCCCCCC)c1CCCCCCCCCCCCCC. The van der Waals surface area contributed by atoms with Crippen molar-refractivity contribution in [3.63, 3.8) is 0 Å². The van der Waals surface area contributed by atoms with Crippen molar-refractivity contribution in [1.29, 1.82) is 0 Å². The number of imidazole rings is 1. The van der Waals surface area contributed by atoms with E-state index in [1.165, 1.54) is 244 Å².